The van der Waals surface area contributed by atoms with Gasteiger partial charge in [-0.1, -0.05) is 6.92 Å². The Morgan fingerprint density at radius 1 is 1.48 bits per heavy atom. The first-order valence-electron chi connectivity index (χ1n) is 7.46. The van der Waals surface area contributed by atoms with E-state index in [-0.39, 0.29) is 12.1 Å². The van der Waals surface area contributed by atoms with Crippen molar-refractivity contribution in [3.8, 4) is 0 Å². The predicted octanol–water partition coefficient (Wildman–Crippen LogP) is 2.89. The molecule has 0 bridgehead atoms. The third-order valence-electron chi connectivity index (χ3n) is 3.44. The molecule has 1 aromatic rings. The highest BCUT2D eigenvalue weighted by Gasteiger charge is 2.31. The number of hydrogen-bond donors (Lipinski definition) is 2. The number of alkyl carbamates (subject to hydrolysis) is 1. The van der Waals surface area contributed by atoms with E-state index in [0.29, 0.717) is 12.0 Å². The fourth-order valence-corrected chi connectivity index (χ4v) is 2.98. The molecule has 5 nitrogen and oxygen atoms in total. The first kappa shape index (κ1) is 16.2. The van der Waals surface area contributed by atoms with Crippen LogP contribution in [-0.2, 0) is 4.74 Å². The Balaban J connectivity index is 1.60. The Labute approximate surface area is 130 Å². The minimum atomic E-state index is -0.436. The molecule has 1 amide bonds. The van der Waals surface area contributed by atoms with Gasteiger partial charge in [0.15, 0.2) is 0 Å². The standard InChI is InChI=1S/C15H25N3O2S/c1-10(13-16-5-6-21-13)9-17-11-7-12(8-11)18-14(19)20-15(2,3)4/h5-6,10-12,17H,7-9H2,1-4H3,(H,18,19). The molecule has 1 saturated carbocycles. The van der Waals surface area contributed by atoms with Crippen molar-refractivity contribution in [3.63, 3.8) is 0 Å². The average molecular weight is 311 g/mol. The lowest BCUT2D eigenvalue weighted by atomic mass is 9.86. The third kappa shape index (κ3) is 5.28. The van der Waals surface area contributed by atoms with Crippen LogP contribution >= 0.6 is 11.3 Å². The summed E-state index contributed by atoms with van der Waals surface area (Å²) in [6.07, 6.45) is 3.45. The number of amides is 1. The lowest BCUT2D eigenvalue weighted by Crippen LogP contribution is -2.53. The van der Waals surface area contributed by atoms with Gasteiger partial charge in [0, 0.05) is 36.1 Å². The molecular formula is C15H25N3O2S. The summed E-state index contributed by atoms with van der Waals surface area (Å²) in [5, 5.41) is 9.62. The van der Waals surface area contributed by atoms with E-state index in [4.69, 9.17) is 4.74 Å². The number of hydrogen-bond acceptors (Lipinski definition) is 5. The summed E-state index contributed by atoms with van der Waals surface area (Å²) in [5.74, 6) is 0.433. The van der Waals surface area contributed by atoms with Gasteiger partial charge in [0.05, 0.1) is 5.01 Å². The van der Waals surface area contributed by atoms with Gasteiger partial charge in [0.25, 0.3) is 0 Å². The van der Waals surface area contributed by atoms with Gasteiger partial charge >= 0.3 is 6.09 Å². The molecule has 0 spiro atoms. The zero-order valence-corrected chi connectivity index (χ0v) is 14.0. The van der Waals surface area contributed by atoms with Crippen molar-refractivity contribution in [2.24, 2.45) is 0 Å². The minimum absolute atomic E-state index is 0.229. The van der Waals surface area contributed by atoms with E-state index in [1.54, 1.807) is 11.3 Å². The van der Waals surface area contributed by atoms with Crippen molar-refractivity contribution < 1.29 is 9.53 Å². The minimum Gasteiger partial charge on any atom is -0.444 e. The van der Waals surface area contributed by atoms with E-state index in [9.17, 15) is 4.79 Å². The van der Waals surface area contributed by atoms with Crippen LogP contribution in [0.2, 0.25) is 0 Å². The molecular weight excluding hydrogens is 286 g/mol. The summed E-state index contributed by atoms with van der Waals surface area (Å²) in [6.45, 7) is 8.73. The van der Waals surface area contributed by atoms with Crippen LogP contribution in [0.1, 0.15) is 51.5 Å². The second-order valence-electron chi connectivity index (χ2n) is 6.69. The highest BCUT2D eigenvalue weighted by molar-refractivity contribution is 7.09. The molecule has 2 rings (SSSR count). The van der Waals surface area contributed by atoms with Gasteiger partial charge in [-0.15, -0.1) is 11.3 Å². The summed E-state index contributed by atoms with van der Waals surface area (Å²) < 4.78 is 5.25. The highest BCUT2D eigenvalue weighted by Crippen LogP contribution is 2.22. The maximum Gasteiger partial charge on any atom is 0.407 e. The van der Waals surface area contributed by atoms with Crippen LogP contribution in [0.15, 0.2) is 11.6 Å². The van der Waals surface area contributed by atoms with Crippen LogP contribution in [0, 0.1) is 0 Å². The fourth-order valence-electron chi connectivity index (χ4n) is 2.29. The van der Waals surface area contributed by atoms with Gasteiger partial charge in [-0.25, -0.2) is 9.78 Å². The highest BCUT2D eigenvalue weighted by atomic mass is 32.1. The molecule has 6 heteroatoms. The number of ether oxygens (including phenoxy) is 1. The molecule has 1 heterocycles. The van der Waals surface area contributed by atoms with Crippen LogP contribution in [0.3, 0.4) is 0 Å². The normalized spacial score (nSPS) is 23.2. The Bertz CT molecular complexity index is 450. The molecule has 1 aliphatic rings. The molecule has 1 unspecified atom stereocenters. The third-order valence-corrected chi connectivity index (χ3v) is 4.45. The van der Waals surface area contributed by atoms with E-state index >= 15 is 0 Å². The first-order valence-corrected chi connectivity index (χ1v) is 8.34. The zero-order chi connectivity index (χ0) is 15.5. The molecule has 1 fully saturated rings. The molecule has 21 heavy (non-hydrogen) atoms. The molecule has 0 aliphatic heterocycles. The Hall–Kier alpha value is -1.14. The number of nitrogens with one attached hydrogen (secondary N) is 2. The maximum atomic E-state index is 11.6. The van der Waals surface area contributed by atoms with E-state index in [2.05, 4.69) is 22.5 Å². The summed E-state index contributed by atoms with van der Waals surface area (Å²) in [5.41, 5.74) is -0.436. The average Bonchev–Trinajstić information content (AvgIpc) is 2.82. The molecule has 1 atom stereocenters. The number of nitrogens with zero attached hydrogens (tertiary/aromatic N) is 1. The van der Waals surface area contributed by atoms with Gasteiger partial charge in [0.2, 0.25) is 0 Å². The first-order chi connectivity index (χ1) is 9.83. The van der Waals surface area contributed by atoms with Gasteiger partial charge in [-0.05, 0) is 33.6 Å². The Kier molecular flexibility index (Phi) is 5.22. The monoisotopic (exact) mass is 311 g/mol. The van der Waals surface area contributed by atoms with Crippen molar-refractivity contribution in [1.82, 2.24) is 15.6 Å². The van der Waals surface area contributed by atoms with E-state index in [1.165, 1.54) is 5.01 Å². The van der Waals surface area contributed by atoms with Crippen molar-refractivity contribution in [3.05, 3.63) is 16.6 Å². The summed E-state index contributed by atoms with van der Waals surface area (Å²) >= 11 is 1.70. The van der Waals surface area contributed by atoms with Crippen molar-refractivity contribution in [2.75, 3.05) is 6.54 Å². The van der Waals surface area contributed by atoms with Gasteiger partial charge < -0.3 is 15.4 Å². The molecule has 0 aromatic carbocycles. The Morgan fingerprint density at radius 3 is 2.76 bits per heavy atom. The van der Waals surface area contributed by atoms with E-state index < -0.39 is 5.60 Å². The van der Waals surface area contributed by atoms with Gasteiger partial charge in [0.1, 0.15) is 5.60 Å². The smallest absolute Gasteiger partial charge is 0.407 e. The quantitative estimate of drug-likeness (QED) is 0.877. The number of thiazole rings is 1. The predicted molar refractivity (Wildman–Crippen MR) is 84.7 cm³/mol. The number of aromatic nitrogens is 1. The van der Waals surface area contributed by atoms with Crippen molar-refractivity contribution in [1.29, 1.82) is 0 Å². The Morgan fingerprint density at radius 2 is 2.19 bits per heavy atom. The molecule has 1 aliphatic carbocycles. The van der Waals surface area contributed by atoms with Crippen LogP contribution in [0.5, 0.6) is 0 Å². The number of rotatable bonds is 5. The zero-order valence-electron chi connectivity index (χ0n) is 13.2. The molecule has 2 N–H and O–H groups in total. The maximum absolute atomic E-state index is 11.6. The largest absolute Gasteiger partial charge is 0.444 e. The van der Waals surface area contributed by atoms with Gasteiger partial charge in [-0.3, -0.25) is 0 Å². The molecule has 0 saturated heterocycles. The molecule has 0 radical (unpaired) electrons. The number of carbonyl (C=O) groups excluding carboxylic acids is 1. The van der Waals surface area contributed by atoms with E-state index in [1.807, 2.05) is 32.3 Å². The molecule has 118 valence electrons. The number of carbonyl (C=O) groups is 1. The van der Waals surface area contributed by atoms with Crippen LogP contribution < -0.4 is 10.6 Å². The topological polar surface area (TPSA) is 63.2 Å². The van der Waals surface area contributed by atoms with Crippen molar-refractivity contribution >= 4 is 17.4 Å². The van der Waals surface area contributed by atoms with Crippen LogP contribution in [-0.4, -0.2) is 35.3 Å². The lowest BCUT2D eigenvalue weighted by molar-refractivity contribution is 0.0465. The molecule has 1 aromatic heterocycles. The van der Waals surface area contributed by atoms with E-state index in [0.717, 1.165) is 19.4 Å². The summed E-state index contributed by atoms with van der Waals surface area (Å²) in [6, 6.07) is 0.708. The van der Waals surface area contributed by atoms with Crippen molar-refractivity contribution in [2.45, 2.75) is 64.1 Å². The second-order valence-corrected chi connectivity index (χ2v) is 7.62. The summed E-state index contributed by atoms with van der Waals surface area (Å²) in [7, 11) is 0. The SMILES string of the molecule is CC(CNC1CC(NC(=O)OC(C)(C)C)C1)c1nccs1. The second kappa shape index (κ2) is 6.75. The fraction of sp³-hybridized carbons (Fsp3) is 0.733. The lowest BCUT2D eigenvalue weighted by Gasteiger charge is -2.37. The summed E-state index contributed by atoms with van der Waals surface area (Å²) in [4.78, 5) is 16.0. The van der Waals surface area contributed by atoms with Crippen LogP contribution in [0.4, 0.5) is 4.79 Å². The van der Waals surface area contributed by atoms with Crippen LogP contribution in [0.25, 0.3) is 0 Å². The van der Waals surface area contributed by atoms with Gasteiger partial charge in [-0.2, -0.15) is 0 Å².